The third kappa shape index (κ3) is 10.1. The standard InChI is InChI=1S/C5H11NO2.C2HCl3O2/c1-3(2)4(6)5(7)8;3-2(4,5)1(6)7/h3-4H,6H2,1-2H3,(H,7,8);(H,6,7)/t4-;/m0./s1. The van der Waals surface area contributed by atoms with Gasteiger partial charge in [0.2, 0.25) is 3.79 Å². The van der Waals surface area contributed by atoms with E-state index < -0.39 is 21.8 Å². The van der Waals surface area contributed by atoms with Crippen LogP contribution in [0.2, 0.25) is 0 Å². The number of carboxylic acids is 2. The molecule has 0 aliphatic rings. The molecule has 0 aromatic carbocycles. The van der Waals surface area contributed by atoms with Crippen molar-refractivity contribution >= 4 is 46.7 Å². The zero-order valence-corrected chi connectivity index (χ0v) is 10.4. The fraction of sp³-hybridized carbons (Fsp3) is 0.714. The molecule has 0 aromatic rings. The molecule has 0 heterocycles. The van der Waals surface area contributed by atoms with Crippen molar-refractivity contribution in [3.8, 4) is 0 Å². The first-order chi connectivity index (χ1) is 6.50. The molecule has 0 aromatic heterocycles. The normalized spacial score (nSPS) is 12.7. The lowest BCUT2D eigenvalue weighted by Gasteiger charge is -2.09. The van der Waals surface area contributed by atoms with Crippen LogP contribution in [0.1, 0.15) is 13.8 Å². The van der Waals surface area contributed by atoms with E-state index in [4.69, 9.17) is 39.9 Å². The largest absolute Gasteiger partial charge is 0.545 e. The maximum absolute atomic E-state index is 10.1. The molecule has 5 nitrogen and oxygen atoms in total. The number of aliphatic carboxylic acids is 2. The van der Waals surface area contributed by atoms with E-state index in [1.54, 1.807) is 0 Å². The number of halogens is 3. The summed E-state index contributed by atoms with van der Waals surface area (Å²) in [4.78, 5) is 19.6. The number of hydrogen-bond acceptors (Lipinski definition) is 3. The van der Waals surface area contributed by atoms with Crippen molar-refractivity contribution < 1.29 is 25.5 Å². The van der Waals surface area contributed by atoms with Crippen LogP contribution in [-0.4, -0.2) is 26.9 Å². The molecule has 0 aliphatic heterocycles. The third-order valence-electron chi connectivity index (χ3n) is 1.35. The fourth-order valence-electron chi connectivity index (χ4n) is 0.285. The smallest absolute Gasteiger partial charge is 0.362 e. The van der Waals surface area contributed by atoms with Crippen molar-refractivity contribution in [1.82, 2.24) is 0 Å². The highest BCUT2D eigenvalue weighted by Gasteiger charge is 2.20. The predicted molar refractivity (Wildman–Crippen MR) is 54.4 cm³/mol. The molecule has 0 aliphatic carbocycles. The topological polar surface area (TPSA) is 105 Å². The third-order valence-corrected chi connectivity index (χ3v) is 1.82. The molecule has 0 spiro atoms. The Labute approximate surface area is 102 Å². The average Bonchev–Trinajstić information content (AvgIpc) is 2.01. The average molecular weight is 281 g/mol. The zero-order chi connectivity index (χ0) is 12.8. The molecular weight excluding hydrogens is 268 g/mol. The zero-order valence-electron chi connectivity index (χ0n) is 8.17. The summed E-state index contributed by atoms with van der Waals surface area (Å²) < 4.78 is -2.28. The molecule has 90 valence electrons. The number of alkyl halides is 3. The van der Waals surface area contributed by atoms with Crippen molar-refractivity contribution in [2.75, 3.05) is 0 Å². The summed E-state index contributed by atoms with van der Waals surface area (Å²) in [5.41, 5.74) is 3.44. The van der Waals surface area contributed by atoms with Crippen LogP contribution in [0.15, 0.2) is 0 Å². The van der Waals surface area contributed by atoms with Gasteiger partial charge in [0.25, 0.3) is 0 Å². The van der Waals surface area contributed by atoms with Gasteiger partial charge in [0.1, 0.15) is 0 Å². The minimum Gasteiger partial charge on any atom is -0.545 e. The van der Waals surface area contributed by atoms with Gasteiger partial charge in [-0.25, -0.2) is 4.79 Å². The van der Waals surface area contributed by atoms with Gasteiger partial charge < -0.3 is 20.7 Å². The fourth-order valence-corrected chi connectivity index (χ4v) is 0.285. The van der Waals surface area contributed by atoms with Crippen molar-refractivity contribution in [1.29, 1.82) is 0 Å². The monoisotopic (exact) mass is 279 g/mol. The van der Waals surface area contributed by atoms with Gasteiger partial charge in [-0.15, -0.1) is 0 Å². The van der Waals surface area contributed by atoms with Gasteiger partial charge in [-0.05, 0) is 0 Å². The minimum absolute atomic E-state index is 0.132. The highest BCUT2D eigenvalue weighted by Crippen LogP contribution is 2.24. The van der Waals surface area contributed by atoms with E-state index in [-0.39, 0.29) is 5.92 Å². The molecule has 1 atom stereocenters. The van der Waals surface area contributed by atoms with E-state index in [0.717, 1.165) is 0 Å². The lowest BCUT2D eigenvalue weighted by molar-refractivity contribution is -0.417. The van der Waals surface area contributed by atoms with Crippen LogP contribution >= 0.6 is 34.8 Å². The van der Waals surface area contributed by atoms with E-state index in [9.17, 15) is 14.7 Å². The second-order valence-electron chi connectivity index (χ2n) is 2.97. The maximum Gasteiger partial charge on any atom is 0.362 e. The predicted octanol–water partition coefficient (Wildman–Crippen LogP) is -0.556. The van der Waals surface area contributed by atoms with Crippen LogP contribution in [0, 0.1) is 5.92 Å². The summed E-state index contributed by atoms with van der Waals surface area (Å²) in [6.45, 7) is 3.68. The van der Waals surface area contributed by atoms with E-state index in [1.807, 2.05) is 13.8 Å². The quantitative estimate of drug-likeness (QED) is 0.662. The minimum atomic E-state index is -2.28. The van der Waals surface area contributed by atoms with Crippen LogP contribution in [0.25, 0.3) is 0 Å². The Hall–Kier alpha value is -0.230. The van der Waals surface area contributed by atoms with Gasteiger partial charge in [-0.1, -0.05) is 48.7 Å². The van der Waals surface area contributed by atoms with E-state index in [2.05, 4.69) is 5.73 Å². The van der Waals surface area contributed by atoms with E-state index in [0.29, 0.717) is 0 Å². The van der Waals surface area contributed by atoms with Gasteiger partial charge in [0, 0.05) is 5.92 Å². The van der Waals surface area contributed by atoms with Crippen LogP contribution in [0.5, 0.6) is 0 Å². The Morgan fingerprint density at radius 3 is 1.60 bits per heavy atom. The van der Waals surface area contributed by atoms with Crippen LogP contribution < -0.4 is 10.8 Å². The Morgan fingerprint density at radius 2 is 1.60 bits per heavy atom. The van der Waals surface area contributed by atoms with Gasteiger partial charge >= 0.3 is 5.97 Å². The summed E-state index contributed by atoms with van der Waals surface area (Å²) in [5, 5.41) is 17.8. The number of carboxylic acid groups (broad SMARTS) is 2. The molecule has 0 fully saturated rings. The first-order valence-electron chi connectivity index (χ1n) is 3.84. The number of quaternary nitrogens is 1. The molecule has 15 heavy (non-hydrogen) atoms. The summed E-state index contributed by atoms with van der Waals surface area (Å²) in [6.07, 6.45) is 0. The van der Waals surface area contributed by atoms with Crippen molar-refractivity contribution in [3.63, 3.8) is 0 Å². The van der Waals surface area contributed by atoms with E-state index in [1.165, 1.54) is 0 Å². The summed E-state index contributed by atoms with van der Waals surface area (Å²) in [7, 11) is 0. The SMILES string of the molecule is CC(C)[C@H]([NH3+])C(=O)O.O=C([O-])C(Cl)(Cl)Cl. The van der Waals surface area contributed by atoms with Crippen molar-refractivity contribution in [3.05, 3.63) is 0 Å². The maximum atomic E-state index is 10.1. The van der Waals surface area contributed by atoms with Gasteiger partial charge in [0.15, 0.2) is 6.04 Å². The first kappa shape index (κ1) is 17.2. The number of carbonyl (C=O) groups is 2. The Bertz CT molecular complexity index is 227. The molecular formula is C7H12Cl3NO4. The summed E-state index contributed by atoms with van der Waals surface area (Å²) in [6, 6.07) is -0.463. The molecule has 0 saturated carbocycles. The van der Waals surface area contributed by atoms with Crippen molar-refractivity contribution in [2.45, 2.75) is 23.7 Å². The van der Waals surface area contributed by atoms with Crippen LogP contribution in [-0.2, 0) is 9.59 Å². The Kier molecular flexibility index (Phi) is 8.14. The summed E-state index contributed by atoms with van der Waals surface area (Å²) in [5.74, 6) is -2.40. The molecule has 0 bridgehead atoms. The van der Waals surface area contributed by atoms with Crippen molar-refractivity contribution in [2.24, 2.45) is 5.92 Å². The number of rotatable bonds is 2. The molecule has 0 amide bonds. The van der Waals surface area contributed by atoms with Gasteiger partial charge in [-0.3, -0.25) is 0 Å². The van der Waals surface area contributed by atoms with Crippen LogP contribution in [0.4, 0.5) is 0 Å². The van der Waals surface area contributed by atoms with Gasteiger partial charge in [-0.2, -0.15) is 0 Å². The molecule has 0 unspecified atom stereocenters. The van der Waals surface area contributed by atoms with Crippen LogP contribution in [0.3, 0.4) is 0 Å². The molecule has 8 heteroatoms. The lowest BCUT2D eigenvalue weighted by Crippen LogP contribution is -2.67. The van der Waals surface area contributed by atoms with E-state index >= 15 is 0 Å². The molecule has 0 saturated heterocycles. The Balaban J connectivity index is 0. The molecule has 0 radical (unpaired) electrons. The number of hydrogen-bond donors (Lipinski definition) is 2. The summed E-state index contributed by atoms with van der Waals surface area (Å²) >= 11 is 14.2. The highest BCUT2D eigenvalue weighted by atomic mass is 35.6. The Morgan fingerprint density at radius 1 is 1.33 bits per heavy atom. The van der Waals surface area contributed by atoms with Gasteiger partial charge in [0.05, 0.1) is 5.97 Å². The second-order valence-corrected chi connectivity index (χ2v) is 5.26. The molecule has 4 N–H and O–H groups in total. The lowest BCUT2D eigenvalue weighted by atomic mass is 10.1. The number of carbonyl (C=O) groups excluding carboxylic acids is 1. The first-order valence-corrected chi connectivity index (χ1v) is 4.97. The second kappa shape index (κ2) is 7.11. The molecule has 0 rings (SSSR count). The highest BCUT2D eigenvalue weighted by molar-refractivity contribution is 6.75.